The predicted octanol–water partition coefficient (Wildman–Crippen LogP) is 1.13. The molecule has 3 nitrogen and oxygen atoms in total. The molecule has 2 aliphatic carbocycles. The van der Waals surface area contributed by atoms with Crippen molar-refractivity contribution in [3.05, 3.63) is 0 Å². The zero-order valence-electron chi connectivity index (χ0n) is 8.21. The second-order valence-electron chi connectivity index (χ2n) is 4.46. The Hall–Kier alpha value is -0.280. The highest BCUT2D eigenvalue weighted by Crippen LogP contribution is 2.36. The van der Waals surface area contributed by atoms with Gasteiger partial charge in [-0.15, -0.1) is 11.6 Å². The zero-order valence-corrected chi connectivity index (χ0v) is 8.96. The van der Waals surface area contributed by atoms with E-state index in [9.17, 15) is 9.90 Å². The maximum atomic E-state index is 11.5. The number of aliphatic hydroxyl groups is 1. The molecule has 0 bridgehead atoms. The average molecular weight is 218 g/mol. The first kappa shape index (κ1) is 10.2. The summed E-state index contributed by atoms with van der Waals surface area (Å²) < 4.78 is 0. The van der Waals surface area contributed by atoms with Gasteiger partial charge in [0.2, 0.25) is 5.91 Å². The number of halogens is 1. The van der Waals surface area contributed by atoms with Gasteiger partial charge in [-0.2, -0.15) is 0 Å². The Morgan fingerprint density at radius 2 is 2.14 bits per heavy atom. The minimum absolute atomic E-state index is 0.0329. The number of alkyl halides is 1. The Labute approximate surface area is 89.0 Å². The van der Waals surface area contributed by atoms with Crippen LogP contribution in [-0.2, 0) is 4.79 Å². The van der Waals surface area contributed by atoms with Crippen LogP contribution in [-0.4, -0.2) is 40.0 Å². The maximum Gasteiger partial charge on any atom is 0.237 e. The normalized spacial score (nSPS) is 24.1. The predicted molar refractivity (Wildman–Crippen MR) is 54.3 cm³/mol. The van der Waals surface area contributed by atoms with Crippen LogP contribution in [0.4, 0.5) is 0 Å². The van der Waals surface area contributed by atoms with Crippen LogP contribution in [0.2, 0.25) is 0 Å². The summed E-state index contributed by atoms with van der Waals surface area (Å²) in [5, 5.41) is 9.96. The molecule has 14 heavy (non-hydrogen) atoms. The molecule has 1 amide bonds. The van der Waals surface area contributed by atoms with Crippen LogP contribution in [0.3, 0.4) is 0 Å². The summed E-state index contributed by atoms with van der Waals surface area (Å²) in [6.45, 7) is 0.489. The van der Waals surface area contributed by atoms with Gasteiger partial charge in [0, 0.05) is 12.6 Å². The molecule has 2 aliphatic rings. The van der Waals surface area contributed by atoms with Crippen LogP contribution in [0.15, 0.2) is 0 Å². The number of nitrogens with zero attached hydrogens (tertiary/aromatic N) is 1. The van der Waals surface area contributed by atoms with Crippen molar-refractivity contribution in [1.82, 2.24) is 4.90 Å². The molecule has 0 radical (unpaired) electrons. The van der Waals surface area contributed by atoms with E-state index in [2.05, 4.69) is 0 Å². The van der Waals surface area contributed by atoms with Crippen molar-refractivity contribution in [2.24, 2.45) is 0 Å². The average Bonchev–Trinajstić information content (AvgIpc) is 2.93. The van der Waals surface area contributed by atoms with E-state index >= 15 is 0 Å². The summed E-state index contributed by atoms with van der Waals surface area (Å²) in [6, 6.07) is 0.353. The van der Waals surface area contributed by atoms with Crippen LogP contribution < -0.4 is 0 Å². The first-order valence-corrected chi connectivity index (χ1v) is 5.76. The van der Waals surface area contributed by atoms with Crippen molar-refractivity contribution < 1.29 is 9.90 Å². The Kier molecular flexibility index (Phi) is 2.71. The third-order valence-electron chi connectivity index (χ3n) is 3.17. The van der Waals surface area contributed by atoms with Gasteiger partial charge < -0.3 is 10.0 Å². The quantitative estimate of drug-likeness (QED) is 0.718. The Bertz CT molecular complexity index is 236. The highest BCUT2D eigenvalue weighted by molar-refractivity contribution is 6.27. The monoisotopic (exact) mass is 217 g/mol. The SMILES string of the molecule is O=C(CCl)N(CC1(O)CCC1)C1CC1. The molecule has 0 heterocycles. The molecule has 0 aromatic rings. The lowest BCUT2D eigenvalue weighted by Crippen LogP contribution is -2.50. The fraction of sp³-hybridized carbons (Fsp3) is 0.900. The van der Waals surface area contributed by atoms with Crippen molar-refractivity contribution in [1.29, 1.82) is 0 Å². The Morgan fingerprint density at radius 3 is 2.50 bits per heavy atom. The molecule has 0 atom stereocenters. The maximum absolute atomic E-state index is 11.5. The smallest absolute Gasteiger partial charge is 0.237 e. The van der Waals surface area contributed by atoms with Crippen molar-refractivity contribution in [2.45, 2.75) is 43.7 Å². The van der Waals surface area contributed by atoms with E-state index in [4.69, 9.17) is 11.6 Å². The van der Waals surface area contributed by atoms with Crippen molar-refractivity contribution >= 4 is 17.5 Å². The molecule has 80 valence electrons. The molecule has 0 aromatic heterocycles. The standard InChI is InChI=1S/C10H16ClNO2/c11-6-9(13)12(8-2-3-8)7-10(14)4-1-5-10/h8,14H,1-7H2. The number of rotatable bonds is 4. The summed E-state index contributed by atoms with van der Waals surface area (Å²) in [7, 11) is 0. The molecule has 2 saturated carbocycles. The van der Waals surface area contributed by atoms with Crippen molar-refractivity contribution in [3.63, 3.8) is 0 Å². The van der Waals surface area contributed by atoms with Gasteiger partial charge in [0.1, 0.15) is 5.88 Å². The van der Waals surface area contributed by atoms with E-state index in [0.29, 0.717) is 12.6 Å². The highest BCUT2D eigenvalue weighted by atomic mass is 35.5. The largest absolute Gasteiger partial charge is 0.388 e. The van der Waals surface area contributed by atoms with Gasteiger partial charge >= 0.3 is 0 Å². The number of carbonyl (C=O) groups is 1. The number of amides is 1. The first-order valence-electron chi connectivity index (χ1n) is 5.22. The number of hydrogen-bond donors (Lipinski definition) is 1. The minimum atomic E-state index is -0.607. The van der Waals surface area contributed by atoms with Crippen LogP contribution in [0, 0.1) is 0 Å². The summed E-state index contributed by atoms with van der Waals surface area (Å²) in [5.41, 5.74) is -0.607. The van der Waals surface area contributed by atoms with E-state index in [1.54, 1.807) is 4.90 Å². The van der Waals surface area contributed by atoms with E-state index in [1.165, 1.54) is 0 Å². The van der Waals surface area contributed by atoms with E-state index in [0.717, 1.165) is 32.1 Å². The molecular formula is C10H16ClNO2. The Balaban J connectivity index is 1.93. The second-order valence-corrected chi connectivity index (χ2v) is 4.73. The first-order chi connectivity index (χ1) is 6.64. The number of carbonyl (C=O) groups excluding carboxylic acids is 1. The van der Waals surface area contributed by atoms with Gasteiger partial charge in [0.15, 0.2) is 0 Å². The van der Waals surface area contributed by atoms with Crippen LogP contribution in [0.1, 0.15) is 32.1 Å². The minimum Gasteiger partial charge on any atom is -0.388 e. The fourth-order valence-corrected chi connectivity index (χ4v) is 2.10. The van der Waals surface area contributed by atoms with Crippen LogP contribution >= 0.6 is 11.6 Å². The van der Waals surface area contributed by atoms with Crippen molar-refractivity contribution in [2.75, 3.05) is 12.4 Å². The molecule has 0 unspecified atom stereocenters. The molecule has 0 saturated heterocycles. The molecule has 0 aromatic carbocycles. The van der Waals surface area contributed by atoms with Gasteiger partial charge in [-0.3, -0.25) is 4.79 Å². The molecule has 0 aliphatic heterocycles. The lowest BCUT2D eigenvalue weighted by Gasteiger charge is -2.40. The molecule has 1 N–H and O–H groups in total. The summed E-state index contributed by atoms with van der Waals surface area (Å²) in [5.74, 6) is 0.00143. The van der Waals surface area contributed by atoms with Gasteiger partial charge in [0.25, 0.3) is 0 Å². The van der Waals surface area contributed by atoms with Crippen LogP contribution in [0.25, 0.3) is 0 Å². The zero-order chi connectivity index (χ0) is 10.2. The molecule has 2 fully saturated rings. The van der Waals surface area contributed by atoms with Gasteiger partial charge in [-0.1, -0.05) is 0 Å². The molecule has 4 heteroatoms. The highest BCUT2D eigenvalue weighted by Gasteiger charge is 2.41. The molecular weight excluding hydrogens is 202 g/mol. The Morgan fingerprint density at radius 1 is 1.50 bits per heavy atom. The summed E-state index contributed by atoms with van der Waals surface area (Å²) >= 11 is 5.54. The lowest BCUT2D eigenvalue weighted by molar-refractivity contribution is -0.136. The number of hydrogen-bond acceptors (Lipinski definition) is 2. The topological polar surface area (TPSA) is 40.5 Å². The van der Waals surface area contributed by atoms with E-state index in [-0.39, 0.29) is 11.8 Å². The van der Waals surface area contributed by atoms with E-state index in [1.807, 2.05) is 0 Å². The van der Waals surface area contributed by atoms with Crippen molar-refractivity contribution in [3.8, 4) is 0 Å². The lowest BCUT2D eigenvalue weighted by atomic mass is 9.80. The van der Waals surface area contributed by atoms with Gasteiger partial charge in [0.05, 0.1) is 5.60 Å². The van der Waals surface area contributed by atoms with E-state index < -0.39 is 5.60 Å². The molecule has 0 spiro atoms. The van der Waals surface area contributed by atoms with Crippen LogP contribution in [0.5, 0.6) is 0 Å². The third kappa shape index (κ3) is 2.04. The second kappa shape index (κ2) is 3.70. The molecule has 2 rings (SSSR count). The van der Waals surface area contributed by atoms with Gasteiger partial charge in [-0.25, -0.2) is 0 Å². The fourth-order valence-electron chi connectivity index (χ4n) is 1.94. The third-order valence-corrected chi connectivity index (χ3v) is 3.40. The summed E-state index contributed by atoms with van der Waals surface area (Å²) in [6.07, 6.45) is 4.86. The summed E-state index contributed by atoms with van der Waals surface area (Å²) in [4.78, 5) is 13.3. The van der Waals surface area contributed by atoms with Gasteiger partial charge in [-0.05, 0) is 32.1 Å².